The van der Waals surface area contributed by atoms with Gasteiger partial charge in [-0.15, -0.1) is 5.10 Å². The number of hydrogen-bond donors (Lipinski definition) is 3. The number of anilines is 1. The first kappa shape index (κ1) is 19.7. The number of benzene rings is 1. The number of ether oxygens (including phenoxy) is 1. The van der Waals surface area contributed by atoms with E-state index in [1.54, 1.807) is 18.0 Å². The summed E-state index contributed by atoms with van der Waals surface area (Å²) in [6.45, 7) is 3.64. The molecule has 3 aromatic rings. The van der Waals surface area contributed by atoms with E-state index < -0.39 is 11.6 Å². The van der Waals surface area contributed by atoms with E-state index in [-0.39, 0.29) is 5.88 Å². The second kappa shape index (κ2) is 7.69. The highest BCUT2D eigenvalue weighted by Gasteiger charge is 2.32. The SMILES string of the molecule is COc1ccc(Cn2nc(O)c3ncc(N4CCC(C)(NC(=O)O)CC4)nc32)cc1. The van der Waals surface area contributed by atoms with Crippen LogP contribution in [0.2, 0.25) is 0 Å². The standard InChI is InChI=1S/C20H24N6O4/c1-20(23-19(28)29)7-9-25(10-8-20)15-11-21-16-17(22-15)26(24-18(16)27)12-13-3-5-14(30-2)6-4-13/h3-6,11,23H,7-10,12H2,1-2H3,(H,24,27)(H,28,29). The van der Waals surface area contributed by atoms with Gasteiger partial charge in [-0.25, -0.2) is 19.4 Å². The van der Waals surface area contributed by atoms with E-state index in [0.717, 1.165) is 11.3 Å². The highest BCUT2D eigenvalue weighted by atomic mass is 16.5. The number of carbonyl (C=O) groups is 1. The molecule has 10 nitrogen and oxygen atoms in total. The predicted octanol–water partition coefficient (Wildman–Crippen LogP) is 2.22. The minimum absolute atomic E-state index is 0.158. The molecule has 1 fully saturated rings. The lowest BCUT2D eigenvalue weighted by Crippen LogP contribution is -2.53. The summed E-state index contributed by atoms with van der Waals surface area (Å²) in [4.78, 5) is 22.1. The molecular weight excluding hydrogens is 388 g/mol. The summed E-state index contributed by atoms with van der Waals surface area (Å²) >= 11 is 0. The maximum absolute atomic E-state index is 11.0. The molecule has 3 heterocycles. The summed E-state index contributed by atoms with van der Waals surface area (Å²) in [6.07, 6.45) is 1.93. The molecule has 2 aromatic heterocycles. The Hall–Kier alpha value is -3.56. The van der Waals surface area contributed by atoms with Crippen LogP contribution in [0.15, 0.2) is 30.5 Å². The quantitative estimate of drug-likeness (QED) is 0.582. The van der Waals surface area contributed by atoms with E-state index in [4.69, 9.17) is 14.8 Å². The Labute approximate surface area is 173 Å². The van der Waals surface area contributed by atoms with Gasteiger partial charge in [-0.2, -0.15) is 0 Å². The lowest BCUT2D eigenvalue weighted by atomic mass is 9.90. The minimum atomic E-state index is -1.01. The maximum atomic E-state index is 11.0. The fourth-order valence-electron chi connectivity index (χ4n) is 3.70. The molecule has 0 spiro atoms. The number of methoxy groups -OCH3 is 1. The molecule has 0 aliphatic carbocycles. The Morgan fingerprint density at radius 2 is 1.97 bits per heavy atom. The molecule has 1 aliphatic rings. The first-order valence-corrected chi connectivity index (χ1v) is 9.68. The Balaban J connectivity index is 1.56. The van der Waals surface area contributed by atoms with Gasteiger partial charge in [0.05, 0.1) is 19.9 Å². The topological polar surface area (TPSA) is 126 Å². The van der Waals surface area contributed by atoms with Gasteiger partial charge < -0.3 is 25.2 Å². The number of hydrogen-bond acceptors (Lipinski definition) is 7. The summed E-state index contributed by atoms with van der Waals surface area (Å²) in [5, 5.41) is 26.0. The number of amides is 1. The second-order valence-corrected chi connectivity index (χ2v) is 7.71. The Morgan fingerprint density at radius 1 is 1.27 bits per heavy atom. The fraction of sp³-hybridized carbons (Fsp3) is 0.400. The van der Waals surface area contributed by atoms with E-state index in [2.05, 4.69) is 20.3 Å². The zero-order valence-electron chi connectivity index (χ0n) is 16.9. The van der Waals surface area contributed by atoms with Crippen LogP contribution in [0.4, 0.5) is 10.6 Å². The maximum Gasteiger partial charge on any atom is 0.405 e. The van der Waals surface area contributed by atoms with Crippen molar-refractivity contribution in [1.82, 2.24) is 25.1 Å². The van der Waals surface area contributed by atoms with Gasteiger partial charge >= 0.3 is 6.09 Å². The molecule has 1 aliphatic heterocycles. The van der Waals surface area contributed by atoms with E-state index in [1.807, 2.05) is 31.2 Å². The molecule has 1 saturated heterocycles. The first-order chi connectivity index (χ1) is 14.4. The third-order valence-corrected chi connectivity index (χ3v) is 5.50. The normalized spacial score (nSPS) is 15.9. The van der Waals surface area contributed by atoms with Crippen molar-refractivity contribution >= 4 is 23.1 Å². The average Bonchev–Trinajstić information content (AvgIpc) is 3.03. The Bertz CT molecular complexity index is 1060. The van der Waals surface area contributed by atoms with Gasteiger partial charge in [0, 0.05) is 18.6 Å². The third-order valence-electron chi connectivity index (χ3n) is 5.50. The highest BCUT2D eigenvalue weighted by Crippen LogP contribution is 2.28. The Kier molecular flexibility index (Phi) is 5.06. The van der Waals surface area contributed by atoms with Crippen LogP contribution >= 0.6 is 0 Å². The summed E-state index contributed by atoms with van der Waals surface area (Å²) in [6, 6.07) is 7.60. The van der Waals surface area contributed by atoms with Crippen molar-refractivity contribution in [3.05, 3.63) is 36.0 Å². The second-order valence-electron chi connectivity index (χ2n) is 7.71. The molecule has 3 N–H and O–H groups in total. The van der Waals surface area contributed by atoms with Gasteiger partial charge in [-0.3, -0.25) is 0 Å². The molecule has 0 unspecified atom stereocenters. The molecule has 0 atom stereocenters. The van der Waals surface area contributed by atoms with Crippen LogP contribution in [-0.4, -0.2) is 61.8 Å². The number of carboxylic acid groups (broad SMARTS) is 1. The number of fused-ring (bicyclic) bond motifs is 1. The van der Waals surface area contributed by atoms with Gasteiger partial charge in [0.1, 0.15) is 11.6 Å². The lowest BCUT2D eigenvalue weighted by Gasteiger charge is -2.39. The van der Waals surface area contributed by atoms with E-state index in [9.17, 15) is 9.90 Å². The summed E-state index contributed by atoms with van der Waals surface area (Å²) in [5.41, 5.74) is 1.38. The molecule has 0 bridgehead atoms. The Morgan fingerprint density at radius 3 is 2.60 bits per heavy atom. The molecule has 10 heteroatoms. The lowest BCUT2D eigenvalue weighted by molar-refractivity contribution is 0.173. The minimum Gasteiger partial charge on any atom is -0.497 e. The van der Waals surface area contributed by atoms with Crippen LogP contribution in [0.3, 0.4) is 0 Å². The molecule has 0 saturated carbocycles. The predicted molar refractivity (Wildman–Crippen MR) is 110 cm³/mol. The summed E-state index contributed by atoms with van der Waals surface area (Å²) in [5.74, 6) is 1.29. The summed E-state index contributed by atoms with van der Waals surface area (Å²) in [7, 11) is 1.62. The number of aromatic nitrogens is 4. The number of aromatic hydroxyl groups is 1. The van der Waals surface area contributed by atoms with E-state index >= 15 is 0 Å². The smallest absolute Gasteiger partial charge is 0.405 e. The van der Waals surface area contributed by atoms with Gasteiger partial charge in [0.2, 0.25) is 0 Å². The van der Waals surface area contributed by atoms with Crippen LogP contribution in [0, 0.1) is 0 Å². The summed E-state index contributed by atoms with van der Waals surface area (Å²) < 4.78 is 6.81. The van der Waals surface area contributed by atoms with Gasteiger partial charge in [-0.1, -0.05) is 12.1 Å². The molecular formula is C20H24N6O4. The first-order valence-electron chi connectivity index (χ1n) is 9.68. The van der Waals surface area contributed by atoms with Gasteiger partial charge in [0.25, 0.3) is 5.88 Å². The number of rotatable bonds is 5. The van der Waals surface area contributed by atoms with Crippen LogP contribution in [-0.2, 0) is 6.54 Å². The molecule has 1 aromatic carbocycles. The number of nitrogens with one attached hydrogen (secondary N) is 1. The van der Waals surface area contributed by atoms with Crippen molar-refractivity contribution < 1.29 is 19.7 Å². The number of nitrogens with zero attached hydrogens (tertiary/aromatic N) is 5. The van der Waals surface area contributed by atoms with Crippen molar-refractivity contribution in [1.29, 1.82) is 0 Å². The van der Waals surface area contributed by atoms with Crippen molar-refractivity contribution in [2.24, 2.45) is 0 Å². The van der Waals surface area contributed by atoms with E-state index in [0.29, 0.717) is 49.5 Å². The molecule has 4 rings (SSSR count). The fourth-order valence-corrected chi connectivity index (χ4v) is 3.70. The van der Waals surface area contributed by atoms with Gasteiger partial charge in [-0.05, 0) is 37.5 Å². The van der Waals surface area contributed by atoms with Crippen LogP contribution in [0.25, 0.3) is 11.2 Å². The molecule has 1 amide bonds. The van der Waals surface area contributed by atoms with Crippen molar-refractivity contribution in [2.75, 3.05) is 25.1 Å². The molecule has 158 valence electrons. The van der Waals surface area contributed by atoms with Crippen LogP contribution in [0.5, 0.6) is 11.6 Å². The average molecular weight is 412 g/mol. The van der Waals surface area contributed by atoms with Crippen molar-refractivity contribution in [3.63, 3.8) is 0 Å². The van der Waals surface area contributed by atoms with Crippen LogP contribution in [0.1, 0.15) is 25.3 Å². The largest absolute Gasteiger partial charge is 0.497 e. The van der Waals surface area contributed by atoms with Crippen molar-refractivity contribution in [2.45, 2.75) is 31.8 Å². The van der Waals surface area contributed by atoms with Crippen LogP contribution < -0.4 is 15.0 Å². The molecule has 30 heavy (non-hydrogen) atoms. The monoisotopic (exact) mass is 412 g/mol. The highest BCUT2D eigenvalue weighted by molar-refractivity contribution is 5.77. The zero-order valence-corrected chi connectivity index (χ0v) is 16.9. The zero-order chi connectivity index (χ0) is 21.3. The van der Waals surface area contributed by atoms with Crippen molar-refractivity contribution in [3.8, 4) is 11.6 Å². The number of piperidine rings is 1. The van der Waals surface area contributed by atoms with E-state index in [1.165, 1.54) is 0 Å². The van der Waals surface area contributed by atoms with Gasteiger partial charge in [0.15, 0.2) is 11.2 Å². The third kappa shape index (κ3) is 3.93. The molecule has 0 radical (unpaired) electrons.